The summed E-state index contributed by atoms with van der Waals surface area (Å²) in [5, 5.41) is 0. The van der Waals surface area contributed by atoms with Crippen molar-refractivity contribution in [2.45, 2.75) is 36.6 Å². The third kappa shape index (κ3) is 2.10. The first kappa shape index (κ1) is 12.7. The van der Waals surface area contributed by atoms with Gasteiger partial charge in [0.25, 0.3) is 0 Å². The van der Waals surface area contributed by atoms with Gasteiger partial charge in [-0.05, 0) is 61.1 Å². The van der Waals surface area contributed by atoms with Crippen LogP contribution in [-0.4, -0.2) is 0 Å². The van der Waals surface area contributed by atoms with E-state index in [0.29, 0.717) is 0 Å². The number of hydrogen-bond acceptors (Lipinski definition) is 0. The zero-order valence-corrected chi connectivity index (χ0v) is 13.5. The lowest BCUT2D eigenvalue weighted by Gasteiger charge is -2.18. The second-order valence-electron chi connectivity index (χ2n) is 3.72. The van der Waals surface area contributed by atoms with Crippen LogP contribution in [0.1, 0.15) is 33.4 Å². The minimum atomic E-state index is 1.12. The monoisotopic (exact) mass is 414 g/mol. The Morgan fingerprint density at radius 1 is 0.643 bits per heavy atom. The van der Waals surface area contributed by atoms with E-state index in [9.17, 15) is 0 Å². The Morgan fingerprint density at radius 2 is 0.857 bits per heavy atom. The predicted molar refractivity (Wildman–Crippen MR) is 80.8 cm³/mol. The average Bonchev–Trinajstić information content (AvgIpc) is 2.17. The lowest BCUT2D eigenvalue weighted by molar-refractivity contribution is 1.12. The molecule has 0 aliphatic rings. The highest BCUT2D eigenvalue weighted by atomic mass is 127. The van der Waals surface area contributed by atoms with Gasteiger partial charge in [-0.3, -0.25) is 0 Å². The highest BCUT2D eigenvalue weighted by Gasteiger charge is 2.12. The molecule has 0 spiro atoms. The fraction of sp³-hybridized carbons (Fsp3) is 0.500. The second kappa shape index (κ2) is 5.14. The van der Waals surface area contributed by atoms with E-state index < -0.39 is 0 Å². The van der Waals surface area contributed by atoms with Crippen LogP contribution in [0.4, 0.5) is 0 Å². The number of benzene rings is 1. The molecule has 1 aromatic rings. The Kier molecular flexibility index (Phi) is 4.68. The van der Waals surface area contributed by atoms with Crippen molar-refractivity contribution in [1.29, 1.82) is 0 Å². The maximum atomic E-state index is 2.46. The van der Waals surface area contributed by atoms with E-state index in [0.717, 1.165) is 8.86 Å². The molecule has 0 amide bonds. The normalized spacial score (nSPS) is 10.7. The molecule has 0 aromatic heterocycles. The van der Waals surface area contributed by atoms with Gasteiger partial charge in [-0.2, -0.15) is 0 Å². The smallest absolute Gasteiger partial charge is 0.0252 e. The van der Waals surface area contributed by atoms with Gasteiger partial charge >= 0.3 is 0 Å². The molecule has 0 saturated heterocycles. The van der Waals surface area contributed by atoms with Gasteiger partial charge in [-0.25, -0.2) is 0 Å². The third-order valence-electron chi connectivity index (χ3n) is 3.20. The third-order valence-corrected chi connectivity index (χ3v) is 4.73. The number of rotatable bonds is 2. The molecule has 14 heavy (non-hydrogen) atoms. The molecule has 0 radical (unpaired) electrons. The molecule has 1 aromatic carbocycles. The van der Waals surface area contributed by atoms with Crippen molar-refractivity contribution in [2.75, 3.05) is 0 Å². The first-order valence-electron chi connectivity index (χ1n) is 4.74. The van der Waals surface area contributed by atoms with E-state index in [1.807, 2.05) is 0 Å². The predicted octanol–water partition coefficient (Wildman–Crippen LogP) is 4.79. The van der Waals surface area contributed by atoms with E-state index in [4.69, 9.17) is 0 Å². The molecule has 78 valence electrons. The SMILES string of the molecule is Cc1c(C)c(CI)c(C)c(C)c1CI. The van der Waals surface area contributed by atoms with Crippen LogP contribution >= 0.6 is 45.2 Å². The fourth-order valence-electron chi connectivity index (χ4n) is 1.87. The minimum absolute atomic E-state index is 1.12. The Bertz CT molecular complexity index is 290. The van der Waals surface area contributed by atoms with Gasteiger partial charge in [0.05, 0.1) is 0 Å². The molecule has 0 atom stereocenters. The van der Waals surface area contributed by atoms with Crippen molar-refractivity contribution in [2.24, 2.45) is 0 Å². The average molecular weight is 414 g/mol. The molecular formula is C12H16I2. The standard InChI is InChI=1S/C12H16I2/c1-7-8(2)12(6-14)10(4)9(3)11(7)5-13/h5-6H2,1-4H3. The number of halogens is 2. The molecule has 0 nitrogen and oxygen atoms in total. The van der Waals surface area contributed by atoms with Crippen molar-refractivity contribution in [3.8, 4) is 0 Å². The second-order valence-corrected chi connectivity index (χ2v) is 5.25. The van der Waals surface area contributed by atoms with E-state index in [-0.39, 0.29) is 0 Å². The summed E-state index contributed by atoms with van der Waals surface area (Å²) >= 11 is 4.92. The fourth-order valence-corrected chi connectivity index (χ4v) is 4.16. The zero-order chi connectivity index (χ0) is 10.9. The highest BCUT2D eigenvalue weighted by Crippen LogP contribution is 2.29. The first-order valence-corrected chi connectivity index (χ1v) is 7.79. The van der Waals surface area contributed by atoms with Crippen LogP contribution in [0.5, 0.6) is 0 Å². The molecule has 0 unspecified atom stereocenters. The van der Waals surface area contributed by atoms with Gasteiger partial charge in [-0.1, -0.05) is 45.2 Å². The number of alkyl halides is 2. The lowest BCUT2D eigenvalue weighted by atomic mass is 9.90. The first-order chi connectivity index (χ1) is 6.54. The summed E-state index contributed by atoms with van der Waals surface area (Å²) in [7, 11) is 0. The van der Waals surface area contributed by atoms with Gasteiger partial charge < -0.3 is 0 Å². The Balaban J connectivity index is 3.55. The molecule has 0 bridgehead atoms. The summed E-state index contributed by atoms with van der Waals surface area (Å²) < 4.78 is 2.25. The summed E-state index contributed by atoms with van der Waals surface area (Å²) in [5.41, 5.74) is 9.05. The highest BCUT2D eigenvalue weighted by molar-refractivity contribution is 14.1. The molecule has 0 saturated carbocycles. The van der Waals surface area contributed by atoms with E-state index in [1.165, 1.54) is 33.4 Å². The molecule has 0 aliphatic carbocycles. The van der Waals surface area contributed by atoms with Crippen molar-refractivity contribution >= 4 is 45.2 Å². The van der Waals surface area contributed by atoms with Gasteiger partial charge in [-0.15, -0.1) is 0 Å². The van der Waals surface area contributed by atoms with Gasteiger partial charge in [0.15, 0.2) is 0 Å². The Labute approximate surface area is 114 Å². The van der Waals surface area contributed by atoms with Crippen LogP contribution in [0.2, 0.25) is 0 Å². The largest absolute Gasteiger partial charge is 0.0812 e. The number of hydrogen-bond donors (Lipinski definition) is 0. The minimum Gasteiger partial charge on any atom is -0.0812 e. The summed E-state index contributed by atoms with van der Waals surface area (Å²) in [6, 6.07) is 0. The van der Waals surface area contributed by atoms with Crippen molar-refractivity contribution in [3.63, 3.8) is 0 Å². The van der Waals surface area contributed by atoms with E-state index in [2.05, 4.69) is 72.9 Å². The zero-order valence-electron chi connectivity index (χ0n) is 9.17. The van der Waals surface area contributed by atoms with Crippen LogP contribution in [-0.2, 0) is 8.86 Å². The quantitative estimate of drug-likeness (QED) is 0.483. The lowest BCUT2D eigenvalue weighted by Crippen LogP contribution is -2.02. The molecule has 0 N–H and O–H groups in total. The van der Waals surface area contributed by atoms with Gasteiger partial charge in [0.1, 0.15) is 0 Å². The van der Waals surface area contributed by atoms with E-state index in [1.54, 1.807) is 0 Å². The molecule has 0 fully saturated rings. The van der Waals surface area contributed by atoms with Crippen LogP contribution in [0.25, 0.3) is 0 Å². The maximum Gasteiger partial charge on any atom is 0.0252 e. The van der Waals surface area contributed by atoms with E-state index >= 15 is 0 Å². The Morgan fingerprint density at radius 3 is 1.00 bits per heavy atom. The van der Waals surface area contributed by atoms with Crippen LogP contribution in [0.15, 0.2) is 0 Å². The molecule has 0 aliphatic heterocycles. The summed E-state index contributed by atoms with van der Waals surface area (Å²) in [5.74, 6) is 0. The van der Waals surface area contributed by atoms with Gasteiger partial charge in [0.2, 0.25) is 0 Å². The van der Waals surface area contributed by atoms with Crippen molar-refractivity contribution in [3.05, 3.63) is 33.4 Å². The van der Waals surface area contributed by atoms with Crippen LogP contribution in [0.3, 0.4) is 0 Å². The van der Waals surface area contributed by atoms with Crippen molar-refractivity contribution in [1.82, 2.24) is 0 Å². The Hall–Kier alpha value is 0.680. The van der Waals surface area contributed by atoms with Crippen LogP contribution < -0.4 is 0 Å². The maximum absolute atomic E-state index is 2.46. The molecule has 1 rings (SSSR count). The molecule has 0 heterocycles. The van der Waals surface area contributed by atoms with Crippen molar-refractivity contribution < 1.29 is 0 Å². The topological polar surface area (TPSA) is 0 Å². The molecule has 2 heteroatoms. The summed E-state index contributed by atoms with van der Waals surface area (Å²) in [6.07, 6.45) is 0. The molecular weight excluding hydrogens is 398 g/mol. The summed E-state index contributed by atoms with van der Waals surface area (Å²) in [6.45, 7) is 9.02. The van der Waals surface area contributed by atoms with Gasteiger partial charge in [0, 0.05) is 8.86 Å². The van der Waals surface area contributed by atoms with Crippen LogP contribution in [0, 0.1) is 27.7 Å². The summed E-state index contributed by atoms with van der Waals surface area (Å²) in [4.78, 5) is 0.